The van der Waals surface area contributed by atoms with E-state index in [1.54, 1.807) is 24.3 Å². The molecule has 7 nitrogen and oxygen atoms in total. The molecule has 2 heterocycles. The molecule has 8 heteroatoms. The standard InChI is InChI=1S/C30H28N2O5S/c33-19-21-12-14-22(15-13-21)27-18-26(20-38-28-11-4-5-16-32(28)35)36-30(37-27)24-9-6-10-25(17-24)31-29(34)23-7-2-1-3-8-23/h1-17,26-27,30,33H,18-20H2,(H,31,34). The topological polar surface area (TPSA) is 94.7 Å². The highest BCUT2D eigenvalue weighted by molar-refractivity contribution is 7.99. The monoisotopic (exact) mass is 528 g/mol. The summed E-state index contributed by atoms with van der Waals surface area (Å²) in [5.41, 5.74) is 3.80. The molecule has 1 aromatic heterocycles. The molecule has 0 bridgehead atoms. The van der Waals surface area contributed by atoms with E-state index in [-0.39, 0.29) is 24.7 Å². The first kappa shape index (κ1) is 25.9. The van der Waals surface area contributed by atoms with Crippen molar-refractivity contribution >= 4 is 23.4 Å². The fourth-order valence-corrected chi connectivity index (χ4v) is 5.22. The molecule has 194 valence electrons. The second-order valence-electron chi connectivity index (χ2n) is 8.97. The number of nitrogens with one attached hydrogen (secondary N) is 1. The SMILES string of the molecule is O=C(Nc1cccc(C2OC(CSc3cccc[n+]3[O-])CC(c3ccc(CO)cc3)O2)c1)c1ccccc1. The van der Waals surface area contributed by atoms with Crippen LogP contribution in [0.15, 0.2) is 108 Å². The van der Waals surface area contributed by atoms with Crippen LogP contribution in [0.3, 0.4) is 0 Å². The van der Waals surface area contributed by atoms with Gasteiger partial charge in [0.15, 0.2) is 12.5 Å². The highest BCUT2D eigenvalue weighted by Gasteiger charge is 2.33. The van der Waals surface area contributed by atoms with E-state index in [2.05, 4.69) is 5.32 Å². The zero-order valence-electron chi connectivity index (χ0n) is 20.6. The maximum atomic E-state index is 12.7. The Labute approximate surface area is 225 Å². The van der Waals surface area contributed by atoms with Gasteiger partial charge in [-0.25, -0.2) is 0 Å². The van der Waals surface area contributed by atoms with Gasteiger partial charge >= 0.3 is 0 Å². The summed E-state index contributed by atoms with van der Waals surface area (Å²) in [6.07, 6.45) is 0.990. The molecule has 0 aliphatic carbocycles. The molecule has 0 saturated carbocycles. The number of aromatic nitrogens is 1. The molecule has 1 fully saturated rings. The summed E-state index contributed by atoms with van der Waals surface area (Å²) in [5.74, 6) is 0.375. The van der Waals surface area contributed by atoms with E-state index in [0.717, 1.165) is 21.4 Å². The summed E-state index contributed by atoms with van der Waals surface area (Å²) in [5, 5.41) is 25.1. The third-order valence-electron chi connectivity index (χ3n) is 6.27. The van der Waals surface area contributed by atoms with Crippen LogP contribution in [0.1, 0.15) is 45.9 Å². The average molecular weight is 529 g/mol. The lowest BCUT2D eigenvalue weighted by Crippen LogP contribution is -2.32. The van der Waals surface area contributed by atoms with Crippen molar-refractivity contribution in [2.45, 2.75) is 36.6 Å². The predicted octanol–water partition coefficient (Wildman–Crippen LogP) is 5.40. The van der Waals surface area contributed by atoms with Gasteiger partial charge in [0.05, 0.1) is 18.8 Å². The van der Waals surface area contributed by atoms with Gasteiger partial charge in [0, 0.05) is 41.1 Å². The van der Waals surface area contributed by atoms with Crippen molar-refractivity contribution in [2.75, 3.05) is 11.1 Å². The molecule has 2 N–H and O–H groups in total. The van der Waals surface area contributed by atoms with Gasteiger partial charge in [-0.3, -0.25) is 4.79 Å². The summed E-state index contributed by atoms with van der Waals surface area (Å²) >= 11 is 1.44. The van der Waals surface area contributed by atoms with Crippen LogP contribution in [0.5, 0.6) is 0 Å². The van der Waals surface area contributed by atoms with Crippen LogP contribution in [0.25, 0.3) is 0 Å². The van der Waals surface area contributed by atoms with Crippen molar-refractivity contribution in [3.63, 3.8) is 0 Å². The molecule has 0 spiro atoms. The van der Waals surface area contributed by atoms with Crippen molar-refractivity contribution in [3.05, 3.63) is 131 Å². The molecule has 4 aromatic rings. The van der Waals surface area contributed by atoms with Crippen molar-refractivity contribution in [3.8, 4) is 0 Å². The molecular formula is C30H28N2O5S. The minimum atomic E-state index is -0.666. The fraction of sp³-hybridized carbons (Fsp3) is 0.200. The molecule has 3 unspecified atom stereocenters. The van der Waals surface area contributed by atoms with Crippen molar-refractivity contribution in [1.29, 1.82) is 0 Å². The maximum Gasteiger partial charge on any atom is 0.255 e. The number of hydrogen-bond acceptors (Lipinski definition) is 6. The van der Waals surface area contributed by atoms with E-state index in [1.807, 2.05) is 72.8 Å². The number of benzene rings is 3. The van der Waals surface area contributed by atoms with Crippen molar-refractivity contribution in [1.82, 2.24) is 0 Å². The number of carbonyl (C=O) groups is 1. The maximum absolute atomic E-state index is 12.7. The molecule has 3 aromatic carbocycles. The first-order chi connectivity index (χ1) is 18.6. The summed E-state index contributed by atoms with van der Waals surface area (Å²) in [6.45, 7) is -0.0232. The molecule has 1 aliphatic heterocycles. The van der Waals surface area contributed by atoms with Crippen LogP contribution in [0.2, 0.25) is 0 Å². The smallest absolute Gasteiger partial charge is 0.255 e. The first-order valence-electron chi connectivity index (χ1n) is 12.4. The van der Waals surface area contributed by atoms with Crippen molar-refractivity contribution in [2.24, 2.45) is 0 Å². The van der Waals surface area contributed by atoms with Crippen LogP contribution in [0, 0.1) is 5.21 Å². The molecule has 3 atom stereocenters. The Morgan fingerprint density at radius 3 is 2.50 bits per heavy atom. The Morgan fingerprint density at radius 1 is 0.947 bits per heavy atom. The lowest BCUT2D eigenvalue weighted by atomic mass is 10.0. The summed E-state index contributed by atoms with van der Waals surface area (Å²) in [4.78, 5) is 12.7. The molecule has 5 rings (SSSR count). The molecule has 0 radical (unpaired) electrons. The van der Waals surface area contributed by atoms with E-state index < -0.39 is 6.29 Å². The number of nitrogens with zero attached hydrogens (tertiary/aromatic N) is 1. The number of rotatable bonds is 8. The second kappa shape index (κ2) is 12.2. The second-order valence-corrected chi connectivity index (χ2v) is 10.0. The molecule has 38 heavy (non-hydrogen) atoms. The van der Waals surface area contributed by atoms with E-state index in [0.29, 0.717) is 28.5 Å². The average Bonchev–Trinajstić information content (AvgIpc) is 2.97. The largest absolute Gasteiger partial charge is 0.618 e. The van der Waals surface area contributed by atoms with E-state index in [1.165, 1.54) is 18.0 Å². The Bertz CT molecular complexity index is 1370. The van der Waals surface area contributed by atoms with E-state index in [9.17, 15) is 15.1 Å². The minimum Gasteiger partial charge on any atom is -0.618 e. The van der Waals surface area contributed by atoms with Crippen LogP contribution < -0.4 is 10.0 Å². The molecular weight excluding hydrogens is 500 g/mol. The zero-order valence-corrected chi connectivity index (χ0v) is 21.4. The van der Waals surface area contributed by atoms with Gasteiger partial charge in [-0.1, -0.05) is 66.4 Å². The Kier molecular flexibility index (Phi) is 8.35. The van der Waals surface area contributed by atoms with Crippen molar-refractivity contribution < 1.29 is 24.1 Å². The van der Waals surface area contributed by atoms with Gasteiger partial charge in [-0.05, 0) is 41.5 Å². The van der Waals surface area contributed by atoms with Gasteiger partial charge < -0.3 is 25.1 Å². The number of anilines is 1. The molecule has 1 aliphatic rings. The van der Waals surface area contributed by atoms with Gasteiger partial charge in [0.1, 0.15) is 0 Å². The van der Waals surface area contributed by atoms with Gasteiger partial charge in [-0.15, -0.1) is 0 Å². The number of amides is 1. The fourth-order valence-electron chi connectivity index (χ4n) is 4.28. The lowest BCUT2D eigenvalue weighted by Gasteiger charge is -2.36. The third-order valence-corrected chi connectivity index (χ3v) is 7.42. The van der Waals surface area contributed by atoms with Gasteiger partial charge in [0.2, 0.25) is 0 Å². The van der Waals surface area contributed by atoms with Crippen LogP contribution in [-0.2, 0) is 16.1 Å². The predicted molar refractivity (Wildman–Crippen MR) is 145 cm³/mol. The normalized spacial score (nSPS) is 19.1. The number of hydrogen-bond donors (Lipinski definition) is 2. The highest BCUT2D eigenvalue weighted by Crippen LogP contribution is 2.39. The lowest BCUT2D eigenvalue weighted by molar-refractivity contribution is -0.645. The summed E-state index contributed by atoms with van der Waals surface area (Å²) in [7, 11) is 0. The Morgan fingerprint density at radius 2 is 1.74 bits per heavy atom. The zero-order chi connectivity index (χ0) is 26.3. The van der Waals surface area contributed by atoms with Crippen LogP contribution in [-0.4, -0.2) is 22.9 Å². The first-order valence-corrected chi connectivity index (χ1v) is 13.4. The van der Waals surface area contributed by atoms with E-state index >= 15 is 0 Å². The minimum absolute atomic E-state index is 0.0232. The number of pyridine rings is 1. The Balaban J connectivity index is 1.36. The quantitative estimate of drug-likeness (QED) is 0.181. The number of aliphatic hydroxyl groups is 1. The highest BCUT2D eigenvalue weighted by atomic mass is 32.2. The molecule has 1 amide bonds. The van der Waals surface area contributed by atoms with Crippen LogP contribution >= 0.6 is 11.8 Å². The number of carbonyl (C=O) groups excluding carboxylic acids is 1. The van der Waals surface area contributed by atoms with E-state index in [4.69, 9.17) is 9.47 Å². The number of aliphatic hydroxyl groups excluding tert-OH is 1. The van der Waals surface area contributed by atoms with Crippen LogP contribution in [0.4, 0.5) is 5.69 Å². The third kappa shape index (κ3) is 6.41. The summed E-state index contributed by atoms with van der Waals surface area (Å²) < 4.78 is 13.6. The molecule has 1 saturated heterocycles. The Hall–Kier alpha value is -3.69. The summed E-state index contributed by atoms with van der Waals surface area (Å²) in [6, 6.07) is 29.5. The number of thioether (sulfide) groups is 1. The van der Waals surface area contributed by atoms with Gasteiger partial charge in [0.25, 0.3) is 10.9 Å². The van der Waals surface area contributed by atoms with Gasteiger partial charge in [-0.2, -0.15) is 4.73 Å². The number of ether oxygens (including phenoxy) is 2.